The largest absolute Gasteiger partial charge is 0.205 e. The number of allylic oxidation sites excluding steroid dienone is 5. The first-order chi connectivity index (χ1) is 13.1. The van der Waals surface area contributed by atoms with Crippen LogP contribution in [-0.4, -0.2) is 26.4 Å². The van der Waals surface area contributed by atoms with Gasteiger partial charge in [0, 0.05) is 16.2 Å². The van der Waals surface area contributed by atoms with Crippen LogP contribution in [-0.2, 0) is 0 Å². The minimum Gasteiger partial charge on any atom is -0.177 e. The third-order valence-corrected chi connectivity index (χ3v) is 5.27. The predicted molar refractivity (Wildman–Crippen MR) is 116 cm³/mol. The number of benzene rings is 1. The van der Waals surface area contributed by atoms with Crippen molar-refractivity contribution in [2.24, 2.45) is 0 Å². The van der Waals surface area contributed by atoms with E-state index < -0.39 is 0 Å². The highest BCUT2D eigenvalue weighted by molar-refractivity contribution is 7.99. The second-order valence-corrected chi connectivity index (χ2v) is 8.06. The number of H-pyrrole nitrogens is 1. The van der Waals surface area contributed by atoms with Crippen molar-refractivity contribution in [1.82, 2.24) is 20.6 Å². The van der Waals surface area contributed by atoms with Crippen LogP contribution in [0.2, 0.25) is 0 Å². The monoisotopic (exact) mass is 382 g/mol. The van der Waals surface area contributed by atoms with Crippen molar-refractivity contribution < 1.29 is 0 Å². The van der Waals surface area contributed by atoms with Gasteiger partial charge in [-0.3, -0.25) is 0 Å². The quantitative estimate of drug-likeness (QED) is 0.383. The Morgan fingerprint density at radius 1 is 0.963 bits per heavy atom. The third-order valence-electron chi connectivity index (χ3n) is 4.27. The van der Waals surface area contributed by atoms with Gasteiger partial charge in [-0.05, 0) is 70.7 Å². The van der Waals surface area contributed by atoms with Gasteiger partial charge in [0.2, 0.25) is 5.82 Å². The van der Waals surface area contributed by atoms with Crippen molar-refractivity contribution >= 4 is 11.8 Å². The van der Waals surface area contributed by atoms with Crippen LogP contribution in [0.1, 0.15) is 53.4 Å². The van der Waals surface area contributed by atoms with E-state index in [9.17, 15) is 0 Å². The summed E-state index contributed by atoms with van der Waals surface area (Å²) in [5, 5.41) is 14.4. The first kappa shape index (κ1) is 21.2. The molecule has 0 aliphatic rings. The molecule has 0 aliphatic heterocycles. The number of nitrogens with zero attached hydrogens (tertiary/aromatic N) is 3. The Labute approximate surface area is 167 Å². The summed E-state index contributed by atoms with van der Waals surface area (Å²) in [4.78, 5) is 1.18. The lowest BCUT2D eigenvalue weighted by Crippen LogP contribution is -1.86. The molecule has 1 heterocycles. The molecule has 1 aromatic carbocycles. The Morgan fingerprint density at radius 3 is 2.37 bits per heavy atom. The third kappa shape index (κ3) is 7.95. The SMILES string of the molecule is CC(C)=CCC/C(C)=C/CC/C(C)=C/CSc1ccccc1-c1nn[nH]n1. The molecule has 0 saturated heterocycles. The van der Waals surface area contributed by atoms with Crippen LogP contribution in [0.25, 0.3) is 11.4 Å². The number of thioether (sulfide) groups is 1. The van der Waals surface area contributed by atoms with Crippen molar-refractivity contribution in [3.05, 3.63) is 59.2 Å². The molecular formula is C22H30N4S. The highest BCUT2D eigenvalue weighted by Crippen LogP contribution is 2.29. The van der Waals surface area contributed by atoms with Gasteiger partial charge < -0.3 is 0 Å². The summed E-state index contributed by atoms with van der Waals surface area (Å²) in [7, 11) is 0. The molecule has 144 valence electrons. The minimum absolute atomic E-state index is 0.646. The van der Waals surface area contributed by atoms with E-state index in [1.54, 1.807) is 0 Å². The Morgan fingerprint density at radius 2 is 1.67 bits per heavy atom. The lowest BCUT2D eigenvalue weighted by atomic mass is 10.1. The highest BCUT2D eigenvalue weighted by atomic mass is 32.2. The molecule has 27 heavy (non-hydrogen) atoms. The van der Waals surface area contributed by atoms with Crippen LogP contribution in [0.3, 0.4) is 0 Å². The summed E-state index contributed by atoms with van der Waals surface area (Å²) in [6.45, 7) is 8.78. The Bertz CT molecular complexity index is 784. The number of hydrogen-bond donors (Lipinski definition) is 1. The number of tetrazole rings is 1. The molecule has 2 rings (SSSR count). The molecule has 0 amide bonds. The van der Waals surface area contributed by atoms with Gasteiger partial charge in [-0.15, -0.1) is 22.0 Å². The zero-order valence-electron chi connectivity index (χ0n) is 16.8. The summed E-state index contributed by atoms with van der Waals surface area (Å²) >= 11 is 1.81. The van der Waals surface area contributed by atoms with Crippen LogP contribution in [0.15, 0.2) is 64.1 Å². The molecule has 0 saturated carbocycles. The zero-order chi connectivity index (χ0) is 19.5. The fourth-order valence-electron chi connectivity index (χ4n) is 2.67. The van der Waals surface area contributed by atoms with Crippen molar-refractivity contribution in [1.29, 1.82) is 0 Å². The summed E-state index contributed by atoms with van der Waals surface area (Å²) in [5.74, 6) is 1.59. The van der Waals surface area contributed by atoms with Gasteiger partial charge in [0.1, 0.15) is 0 Å². The van der Waals surface area contributed by atoms with Crippen LogP contribution in [0.4, 0.5) is 0 Å². The van der Waals surface area contributed by atoms with E-state index >= 15 is 0 Å². The van der Waals surface area contributed by atoms with Crippen molar-refractivity contribution in [3.63, 3.8) is 0 Å². The second kappa shape index (κ2) is 11.5. The van der Waals surface area contributed by atoms with Crippen molar-refractivity contribution in [2.75, 3.05) is 5.75 Å². The van der Waals surface area contributed by atoms with E-state index in [0.29, 0.717) is 5.82 Å². The van der Waals surface area contributed by atoms with Gasteiger partial charge in [0.25, 0.3) is 0 Å². The lowest BCUT2D eigenvalue weighted by molar-refractivity contribution is 0.881. The van der Waals surface area contributed by atoms with Gasteiger partial charge in [0.15, 0.2) is 0 Å². The van der Waals surface area contributed by atoms with Gasteiger partial charge >= 0.3 is 0 Å². The topological polar surface area (TPSA) is 54.5 Å². The van der Waals surface area contributed by atoms with E-state index in [1.807, 2.05) is 30.0 Å². The fraction of sp³-hybridized carbons (Fsp3) is 0.409. The predicted octanol–water partition coefficient (Wildman–Crippen LogP) is 6.38. The van der Waals surface area contributed by atoms with E-state index in [4.69, 9.17) is 0 Å². The average Bonchev–Trinajstić information content (AvgIpc) is 3.16. The standard InChI is InChI=1S/C22H30N4S/c1-17(2)9-7-10-18(3)11-8-12-19(4)15-16-27-21-14-6-5-13-20(21)22-23-25-26-24-22/h5-6,9,11,13-15H,7-8,10,12,16H2,1-4H3,(H,23,24,25,26)/b18-11+,19-15+. The van der Waals surface area contributed by atoms with Crippen LogP contribution in [0, 0.1) is 0 Å². The van der Waals surface area contributed by atoms with E-state index in [1.165, 1.54) is 21.6 Å². The normalized spacial score (nSPS) is 12.3. The van der Waals surface area contributed by atoms with Gasteiger partial charge in [-0.2, -0.15) is 5.21 Å². The van der Waals surface area contributed by atoms with E-state index in [0.717, 1.165) is 37.0 Å². The molecular weight excluding hydrogens is 352 g/mol. The smallest absolute Gasteiger partial charge is 0.177 e. The number of rotatable bonds is 10. The van der Waals surface area contributed by atoms with Crippen LogP contribution < -0.4 is 0 Å². The highest BCUT2D eigenvalue weighted by Gasteiger charge is 2.08. The van der Waals surface area contributed by atoms with Crippen LogP contribution in [0.5, 0.6) is 0 Å². The fourth-order valence-corrected chi connectivity index (χ4v) is 3.70. The molecule has 1 N–H and O–H groups in total. The maximum Gasteiger partial charge on any atom is 0.205 e. The molecule has 0 fully saturated rings. The molecule has 0 radical (unpaired) electrons. The average molecular weight is 383 g/mol. The number of aromatic amines is 1. The molecule has 0 aliphatic carbocycles. The Kier molecular flexibility index (Phi) is 9.05. The van der Waals surface area contributed by atoms with Crippen LogP contribution >= 0.6 is 11.8 Å². The van der Waals surface area contributed by atoms with Crippen molar-refractivity contribution in [2.45, 2.75) is 58.3 Å². The second-order valence-electron chi connectivity index (χ2n) is 7.00. The van der Waals surface area contributed by atoms with Crippen molar-refractivity contribution in [3.8, 4) is 11.4 Å². The maximum absolute atomic E-state index is 4.09. The Hall–Kier alpha value is -2.14. The lowest BCUT2D eigenvalue weighted by Gasteiger charge is -2.05. The molecule has 4 nitrogen and oxygen atoms in total. The zero-order valence-corrected chi connectivity index (χ0v) is 17.6. The summed E-state index contributed by atoms with van der Waals surface area (Å²) in [5.41, 5.74) is 5.36. The van der Waals surface area contributed by atoms with Gasteiger partial charge in [0.05, 0.1) is 0 Å². The van der Waals surface area contributed by atoms with Gasteiger partial charge in [-0.25, -0.2) is 0 Å². The molecule has 0 bridgehead atoms. The summed E-state index contributed by atoms with van der Waals surface area (Å²) in [6, 6.07) is 8.19. The molecule has 0 spiro atoms. The molecule has 1 aromatic heterocycles. The van der Waals surface area contributed by atoms with E-state index in [-0.39, 0.29) is 0 Å². The minimum atomic E-state index is 0.646. The summed E-state index contributed by atoms with van der Waals surface area (Å²) in [6.07, 6.45) is 11.6. The first-order valence-electron chi connectivity index (χ1n) is 9.46. The Balaban J connectivity index is 1.79. The molecule has 0 unspecified atom stereocenters. The molecule has 5 heteroatoms. The summed E-state index contributed by atoms with van der Waals surface area (Å²) < 4.78 is 0. The maximum atomic E-state index is 4.09. The number of aromatic nitrogens is 4. The molecule has 0 atom stereocenters. The number of nitrogens with one attached hydrogen (secondary N) is 1. The van der Waals surface area contributed by atoms with E-state index in [2.05, 4.69) is 72.6 Å². The van der Waals surface area contributed by atoms with Gasteiger partial charge in [-0.1, -0.05) is 47.1 Å². The molecule has 2 aromatic rings. The number of hydrogen-bond acceptors (Lipinski definition) is 4. The first-order valence-corrected chi connectivity index (χ1v) is 10.4.